The molecule has 0 bridgehead atoms. The van der Waals surface area contributed by atoms with E-state index in [0.717, 1.165) is 16.7 Å². The Bertz CT molecular complexity index is 1360. The molecule has 3 aromatic rings. The fourth-order valence-electron chi connectivity index (χ4n) is 4.55. The van der Waals surface area contributed by atoms with Crippen molar-refractivity contribution in [1.82, 2.24) is 20.2 Å². The number of nitrogens with zero attached hydrogens (tertiary/aromatic N) is 3. The number of nitrogens with one attached hydrogen (secondary N) is 2. The van der Waals surface area contributed by atoms with Gasteiger partial charge in [-0.2, -0.15) is 0 Å². The Morgan fingerprint density at radius 3 is 2.78 bits per heavy atom. The first kappa shape index (κ1) is 25.1. The van der Waals surface area contributed by atoms with Gasteiger partial charge in [-0.25, -0.2) is 9.97 Å². The molecule has 5 rings (SSSR count). The summed E-state index contributed by atoms with van der Waals surface area (Å²) in [5.41, 5.74) is 4.14. The monoisotopic (exact) mass is 521 g/mol. The Hall–Kier alpha value is -3.53. The third-order valence-electron chi connectivity index (χ3n) is 6.56. The van der Waals surface area contributed by atoms with Gasteiger partial charge in [0.2, 0.25) is 11.9 Å². The van der Waals surface area contributed by atoms with Gasteiger partial charge >= 0.3 is 0 Å². The van der Waals surface area contributed by atoms with Gasteiger partial charge in [-0.15, -0.1) is 0 Å². The van der Waals surface area contributed by atoms with Crippen LogP contribution in [0.2, 0.25) is 5.02 Å². The van der Waals surface area contributed by atoms with Crippen molar-refractivity contribution in [2.45, 2.75) is 32.0 Å². The molecule has 1 aromatic heterocycles. The molecule has 2 aromatic carbocycles. The lowest BCUT2D eigenvalue weighted by molar-refractivity contribution is -0.122. The molecule has 1 fully saturated rings. The summed E-state index contributed by atoms with van der Waals surface area (Å²) >= 11 is 6.41. The van der Waals surface area contributed by atoms with Crippen LogP contribution in [0.3, 0.4) is 0 Å². The van der Waals surface area contributed by atoms with Crippen LogP contribution in [0.1, 0.15) is 40.0 Å². The number of aliphatic hydroxyl groups excluding tert-OH is 1. The highest BCUT2D eigenvalue weighted by molar-refractivity contribution is 6.33. The number of aryl methyl sites for hydroxylation is 1. The lowest BCUT2D eigenvalue weighted by Crippen LogP contribution is -2.53. The van der Waals surface area contributed by atoms with E-state index < -0.39 is 6.04 Å². The predicted molar refractivity (Wildman–Crippen MR) is 139 cm³/mol. The molecule has 2 amide bonds. The van der Waals surface area contributed by atoms with E-state index in [9.17, 15) is 14.7 Å². The fraction of sp³-hybridized carbons (Fsp3) is 0.333. The third kappa shape index (κ3) is 5.29. The summed E-state index contributed by atoms with van der Waals surface area (Å²) < 4.78 is 5.28. The van der Waals surface area contributed by atoms with Gasteiger partial charge in [0.05, 0.1) is 48.3 Å². The van der Waals surface area contributed by atoms with Crippen LogP contribution >= 0.6 is 11.6 Å². The normalized spacial score (nSPS) is 16.6. The van der Waals surface area contributed by atoms with Gasteiger partial charge in [-0.05, 0) is 31.0 Å². The summed E-state index contributed by atoms with van der Waals surface area (Å²) in [6.45, 7) is 5.06. The quantitative estimate of drug-likeness (QED) is 0.417. The number of ether oxygens (including phenoxy) is 1. The topological polar surface area (TPSA) is 117 Å². The zero-order chi connectivity index (χ0) is 26.2. The summed E-state index contributed by atoms with van der Waals surface area (Å²) in [7, 11) is 0. The average molecular weight is 522 g/mol. The molecule has 1 atom stereocenters. The maximum Gasteiger partial charge on any atom is 0.254 e. The Kier molecular flexibility index (Phi) is 6.85. The van der Waals surface area contributed by atoms with Gasteiger partial charge in [0.25, 0.3) is 5.91 Å². The molecule has 2 aliphatic rings. The number of rotatable bonds is 8. The molecule has 2 aliphatic heterocycles. The number of amides is 2. The number of carbonyl (C=O) groups excluding carboxylic acids is 2. The first-order valence-electron chi connectivity index (χ1n) is 12.0. The standard InChI is InChI=1S/C27H28ClN5O4/c1-16-4-3-5-17(8-16)22(13-34)30-23(35)12-33-11-19-7-6-18(9-20(19)25(33)36)24-21(28)10-29-26(31-24)32-27(2)14-37-15-27/h3-10,22,34H,11-15H2,1-2H3,(H,30,35)(H,29,31,32). The lowest BCUT2D eigenvalue weighted by Gasteiger charge is -2.38. The van der Waals surface area contributed by atoms with E-state index in [1.165, 1.54) is 11.1 Å². The molecule has 0 radical (unpaired) electrons. The van der Waals surface area contributed by atoms with Crippen LogP contribution in [0.4, 0.5) is 5.95 Å². The summed E-state index contributed by atoms with van der Waals surface area (Å²) in [4.78, 5) is 36.3. The van der Waals surface area contributed by atoms with Crippen LogP contribution in [-0.2, 0) is 16.1 Å². The zero-order valence-electron chi connectivity index (χ0n) is 20.6. The van der Waals surface area contributed by atoms with Gasteiger partial charge < -0.3 is 25.4 Å². The van der Waals surface area contributed by atoms with Crippen molar-refractivity contribution in [2.24, 2.45) is 0 Å². The van der Waals surface area contributed by atoms with Crippen LogP contribution in [0.25, 0.3) is 11.3 Å². The second-order valence-electron chi connectivity index (χ2n) is 9.82. The van der Waals surface area contributed by atoms with Crippen molar-refractivity contribution in [2.75, 3.05) is 31.7 Å². The Balaban J connectivity index is 1.29. The first-order valence-corrected chi connectivity index (χ1v) is 12.4. The molecule has 0 saturated carbocycles. The SMILES string of the molecule is Cc1cccc(C(CO)NC(=O)CN2Cc3ccc(-c4nc(NC5(C)COC5)ncc4Cl)cc3C2=O)c1. The second-order valence-corrected chi connectivity index (χ2v) is 10.2. The number of benzene rings is 2. The van der Waals surface area contributed by atoms with Crippen molar-refractivity contribution in [3.63, 3.8) is 0 Å². The molecular formula is C27H28ClN5O4. The maximum absolute atomic E-state index is 13.2. The molecule has 0 spiro atoms. The summed E-state index contributed by atoms with van der Waals surface area (Å²) in [6.07, 6.45) is 1.53. The van der Waals surface area contributed by atoms with Gasteiger partial charge in [0.15, 0.2) is 0 Å². The molecule has 1 saturated heterocycles. The summed E-state index contributed by atoms with van der Waals surface area (Å²) in [5.74, 6) is -0.155. The van der Waals surface area contributed by atoms with E-state index >= 15 is 0 Å². The van der Waals surface area contributed by atoms with Crippen molar-refractivity contribution in [3.8, 4) is 11.3 Å². The minimum absolute atomic E-state index is 0.117. The third-order valence-corrected chi connectivity index (χ3v) is 6.83. The zero-order valence-corrected chi connectivity index (χ0v) is 21.4. The average Bonchev–Trinajstić information content (AvgIpc) is 3.17. The van der Waals surface area contributed by atoms with Crippen LogP contribution < -0.4 is 10.6 Å². The highest BCUT2D eigenvalue weighted by atomic mass is 35.5. The van der Waals surface area contributed by atoms with E-state index in [2.05, 4.69) is 20.6 Å². The highest BCUT2D eigenvalue weighted by Crippen LogP contribution is 2.32. The van der Waals surface area contributed by atoms with Crippen LogP contribution in [0.5, 0.6) is 0 Å². The molecule has 9 nitrogen and oxygen atoms in total. The molecule has 1 unspecified atom stereocenters. The largest absolute Gasteiger partial charge is 0.394 e. The Morgan fingerprint density at radius 1 is 1.27 bits per heavy atom. The molecule has 3 N–H and O–H groups in total. The van der Waals surface area contributed by atoms with Gasteiger partial charge in [0, 0.05) is 17.7 Å². The molecule has 37 heavy (non-hydrogen) atoms. The Morgan fingerprint density at radius 2 is 2.08 bits per heavy atom. The number of hydrogen-bond acceptors (Lipinski definition) is 7. The van der Waals surface area contributed by atoms with E-state index in [0.29, 0.717) is 47.6 Å². The van der Waals surface area contributed by atoms with Crippen LogP contribution in [0.15, 0.2) is 48.7 Å². The Labute approximate surface area is 219 Å². The smallest absolute Gasteiger partial charge is 0.254 e. The number of carbonyl (C=O) groups is 2. The van der Waals surface area contributed by atoms with Crippen molar-refractivity contribution in [3.05, 3.63) is 75.9 Å². The van der Waals surface area contributed by atoms with Crippen molar-refractivity contribution in [1.29, 1.82) is 0 Å². The van der Waals surface area contributed by atoms with Crippen LogP contribution in [-0.4, -0.2) is 63.7 Å². The van der Waals surface area contributed by atoms with Gasteiger partial charge in [0.1, 0.15) is 6.54 Å². The van der Waals surface area contributed by atoms with E-state index in [-0.39, 0.29) is 30.5 Å². The number of halogens is 1. The maximum atomic E-state index is 13.2. The summed E-state index contributed by atoms with van der Waals surface area (Å²) in [5, 5.41) is 16.3. The van der Waals surface area contributed by atoms with E-state index in [1.807, 2.05) is 50.2 Å². The number of aromatic nitrogens is 2. The minimum Gasteiger partial charge on any atom is -0.394 e. The minimum atomic E-state index is -0.546. The number of fused-ring (bicyclic) bond motifs is 1. The van der Waals surface area contributed by atoms with Crippen LogP contribution in [0, 0.1) is 6.92 Å². The second kappa shape index (κ2) is 10.1. The predicted octanol–water partition coefficient (Wildman–Crippen LogP) is 3.11. The summed E-state index contributed by atoms with van der Waals surface area (Å²) in [6, 6.07) is 12.5. The molecule has 0 aliphatic carbocycles. The van der Waals surface area contributed by atoms with Gasteiger partial charge in [-0.3, -0.25) is 9.59 Å². The number of aliphatic hydroxyl groups is 1. The van der Waals surface area contributed by atoms with Crippen molar-refractivity contribution < 1.29 is 19.4 Å². The lowest BCUT2D eigenvalue weighted by atomic mass is 10.0. The van der Waals surface area contributed by atoms with E-state index in [1.54, 1.807) is 6.07 Å². The van der Waals surface area contributed by atoms with E-state index in [4.69, 9.17) is 16.3 Å². The molecular weight excluding hydrogens is 494 g/mol. The molecule has 10 heteroatoms. The van der Waals surface area contributed by atoms with Crippen molar-refractivity contribution >= 4 is 29.4 Å². The first-order chi connectivity index (χ1) is 17.7. The number of hydrogen-bond donors (Lipinski definition) is 3. The number of anilines is 1. The highest BCUT2D eigenvalue weighted by Gasteiger charge is 2.34. The molecule has 192 valence electrons. The molecule has 3 heterocycles. The fourth-order valence-corrected chi connectivity index (χ4v) is 4.75. The van der Waals surface area contributed by atoms with Gasteiger partial charge in [-0.1, -0.05) is 53.6 Å².